The third kappa shape index (κ3) is 4.71. The summed E-state index contributed by atoms with van der Waals surface area (Å²) in [6.07, 6.45) is 1.31. The van der Waals surface area contributed by atoms with Gasteiger partial charge in [0.05, 0.1) is 18.2 Å². The third-order valence-electron chi connectivity index (χ3n) is 3.98. The normalized spacial score (nSPS) is 17.2. The van der Waals surface area contributed by atoms with Gasteiger partial charge in [-0.15, -0.1) is 0 Å². The molecule has 2 amide bonds. The molecule has 1 aromatic rings. The fourth-order valence-electron chi connectivity index (χ4n) is 2.79. The lowest BCUT2D eigenvalue weighted by Gasteiger charge is -2.20. The average molecular weight is 333 g/mol. The van der Waals surface area contributed by atoms with E-state index in [1.165, 1.54) is 0 Å². The van der Waals surface area contributed by atoms with Gasteiger partial charge >= 0.3 is 0 Å². The second-order valence-corrected chi connectivity index (χ2v) is 5.85. The van der Waals surface area contributed by atoms with Gasteiger partial charge < -0.3 is 20.3 Å². The smallest absolute Gasteiger partial charge is 0.227 e. The van der Waals surface area contributed by atoms with E-state index >= 15 is 0 Å². The number of nitrogens with zero attached hydrogens (tertiary/aromatic N) is 1. The molecular formula is C18H27N3O3. The summed E-state index contributed by atoms with van der Waals surface area (Å²) in [6, 6.07) is 7.46. The number of hydrogen-bond donors (Lipinski definition) is 2. The van der Waals surface area contributed by atoms with Crippen LogP contribution in [0.25, 0.3) is 0 Å². The lowest BCUT2D eigenvalue weighted by molar-refractivity contribution is -0.126. The molecule has 1 aliphatic heterocycles. The Hall–Kier alpha value is -2.08. The number of anilines is 1. The number of benzene rings is 1. The highest BCUT2D eigenvalue weighted by Crippen LogP contribution is 2.33. The van der Waals surface area contributed by atoms with E-state index in [4.69, 9.17) is 4.74 Å². The summed E-state index contributed by atoms with van der Waals surface area (Å²) in [4.78, 5) is 26.3. The molecule has 132 valence electrons. The van der Waals surface area contributed by atoms with E-state index < -0.39 is 0 Å². The van der Waals surface area contributed by atoms with Gasteiger partial charge in [0, 0.05) is 26.1 Å². The van der Waals surface area contributed by atoms with Crippen LogP contribution in [0.15, 0.2) is 24.3 Å². The molecule has 0 spiro atoms. The van der Waals surface area contributed by atoms with Crippen molar-refractivity contribution < 1.29 is 14.3 Å². The van der Waals surface area contributed by atoms with Crippen molar-refractivity contribution in [1.29, 1.82) is 0 Å². The molecule has 1 saturated heterocycles. The highest BCUT2D eigenvalue weighted by atomic mass is 16.5. The maximum atomic E-state index is 12.3. The first-order valence-corrected chi connectivity index (χ1v) is 8.68. The molecule has 1 aliphatic rings. The Kier molecular flexibility index (Phi) is 7.06. The minimum atomic E-state index is -0.307. The Labute approximate surface area is 143 Å². The van der Waals surface area contributed by atoms with Crippen LogP contribution in [-0.4, -0.2) is 44.6 Å². The Morgan fingerprint density at radius 2 is 2.04 bits per heavy atom. The van der Waals surface area contributed by atoms with Crippen LogP contribution in [-0.2, 0) is 9.59 Å². The summed E-state index contributed by atoms with van der Waals surface area (Å²) in [5.41, 5.74) is 0.740. The number of carbonyl (C=O) groups excluding carboxylic acids is 2. The summed E-state index contributed by atoms with van der Waals surface area (Å²) in [6.45, 7) is 7.22. The van der Waals surface area contributed by atoms with Crippen molar-refractivity contribution in [1.82, 2.24) is 10.6 Å². The summed E-state index contributed by atoms with van der Waals surface area (Å²) in [5.74, 6) is 0.279. The zero-order valence-electron chi connectivity index (χ0n) is 14.5. The Balaban J connectivity index is 1.92. The highest BCUT2D eigenvalue weighted by Gasteiger charge is 2.36. The van der Waals surface area contributed by atoms with Crippen molar-refractivity contribution >= 4 is 17.5 Å². The molecule has 2 rings (SSSR count). The van der Waals surface area contributed by atoms with E-state index in [9.17, 15) is 9.59 Å². The van der Waals surface area contributed by atoms with Crippen LogP contribution in [0.1, 0.15) is 26.7 Å². The minimum absolute atomic E-state index is 0.0357. The Morgan fingerprint density at radius 3 is 2.79 bits per heavy atom. The zero-order chi connectivity index (χ0) is 17.4. The van der Waals surface area contributed by atoms with E-state index in [0.717, 1.165) is 25.2 Å². The molecule has 24 heavy (non-hydrogen) atoms. The van der Waals surface area contributed by atoms with Crippen molar-refractivity contribution in [3.05, 3.63) is 24.3 Å². The molecule has 0 saturated carbocycles. The Bertz CT molecular complexity index is 562. The second kappa shape index (κ2) is 9.27. The SMILES string of the molecule is CCCNCCNC(=O)C1CC(=O)N(c2ccccc2OCC)C1. The van der Waals surface area contributed by atoms with Gasteiger partial charge in [0.15, 0.2) is 0 Å². The first-order valence-electron chi connectivity index (χ1n) is 8.68. The van der Waals surface area contributed by atoms with E-state index in [1.807, 2.05) is 31.2 Å². The molecule has 1 atom stereocenters. The van der Waals surface area contributed by atoms with Gasteiger partial charge in [-0.05, 0) is 32.0 Å². The van der Waals surface area contributed by atoms with Crippen LogP contribution >= 0.6 is 0 Å². The summed E-state index contributed by atoms with van der Waals surface area (Å²) < 4.78 is 5.59. The van der Waals surface area contributed by atoms with Crippen LogP contribution in [0.4, 0.5) is 5.69 Å². The van der Waals surface area contributed by atoms with Gasteiger partial charge in [-0.3, -0.25) is 9.59 Å². The molecule has 0 aromatic heterocycles. The molecule has 0 radical (unpaired) electrons. The fraction of sp³-hybridized carbons (Fsp3) is 0.556. The summed E-state index contributed by atoms with van der Waals surface area (Å²) in [7, 11) is 0. The monoisotopic (exact) mass is 333 g/mol. The standard InChI is InChI=1S/C18H27N3O3/c1-3-9-19-10-11-20-18(23)14-12-17(22)21(13-14)15-7-5-6-8-16(15)24-4-2/h5-8,14,19H,3-4,9-13H2,1-2H3,(H,20,23). The van der Waals surface area contributed by atoms with E-state index in [-0.39, 0.29) is 24.2 Å². The maximum absolute atomic E-state index is 12.3. The number of nitrogens with one attached hydrogen (secondary N) is 2. The molecule has 0 bridgehead atoms. The minimum Gasteiger partial charge on any atom is -0.492 e. The first kappa shape index (κ1) is 18.3. The number of ether oxygens (including phenoxy) is 1. The quantitative estimate of drug-likeness (QED) is 0.673. The lowest BCUT2D eigenvalue weighted by atomic mass is 10.1. The number of hydrogen-bond acceptors (Lipinski definition) is 4. The second-order valence-electron chi connectivity index (χ2n) is 5.85. The van der Waals surface area contributed by atoms with Crippen LogP contribution in [0.5, 0.6) is 5.75 Å². The zero-order valence-corrected chi connectivity index (χ0v) is 14.5. The molecular weight excluding hydrogens is 306 g/mol. The van der Waals surface area contributed by atoms with Gasteiger partial charge in [-0.25, -0.2) is 0 Å². The van der Waals surface area contributed by atoms with Crippen molar-refractivity contribution in [2.75, 3.05) is 37.7 Å². The topological polar surface area (TPSA) is 70.7 Å². The lowest BCUT2D eigenvalue weighted by Crippen LogP contribution is -2.37. The summed E-state index contributed by atoms with van der Waals surface area (Å²) in [5, 5.41) is 6.14. The van der Waals surface area contributed by atoms with Crippen LogP contribution in [0, 0.1) is 5.92 Å². The molecule has 6 nitrogen and oxygen atoms in total. The van der Waals surface area contributed by atoms with Gasteiger partial charge in [-0.2, -0.15) is 0 Å². The molecule has 1 heterocycles. The molecule has 1 unspecified atom stereocenters. The fourth-order valence-corrected chi connectivity index (χ4v) is 2.79. The van der Waals surface area contributed by atoms with Crippen LogP contribution in [0.3, 0.4) is 0 Å². The van der Waals surface area contributed by atoms with Gasteiger partial charge in [0.25, 0.3) is 0 Å². The Morgan fingerprint density at radius 1 is 1.25 bits per heavy atom. The van der Waals surface area contributed by atoms with Crippen LogP contribution in [0.2, 0.25) is 0 Å². The van der Waals surface area contributed by atoms with Crippen molar-refractivity contribution in [2.24, 2.45) is 5.92 Å². The molecule has 1 aromatic carbocycles. The summed E-state index contributed by atoms with van der Waals surface area (Å²) >= 11 is 0. The first-order chi connectivity index (χ1) is 11.7. The largest absolute Gasteiger partial charge is 0.492 e. The number of para-hydroxylation sites is 2. The van der Waals surface area contributed by atoms with Crippen molar-refractivity contribution in [3.63, 3.8) is 0 Å². The molecule has 2 N–H and O–H groups in total. The average Bonchev–Trinajstić information content (AvgIpc) is 2.97. The highest BCUT2D eigenvalue weighted by molar-refractivity contribution is 6.01. The molecule has 1 fully saturated rings. The van der Waals surface area contributed by atoms with Gasteiger partial charge in [0.2, 0.25) is 11.8 Å². The number of rotatable bonds is 9. The maximum Gasteiger partial charge on any atom is 0.227 e. The van der Waals surface area contributed by atoms with E-state index in [2.05, 4.69) is 17.6 Å². The van der Waals surface area contributed by atoms with Gasteiger partial charge in [0.1, 0.15) is 5.75 Å². The predicted octanol–water partition coefficient (Wildman–Crippen LogP) is 1.55. The van der Waals surface area contributed by atoms with Gasteiger partial charge in [-0.1, -0.05) is 19.1 Å². The third-order valence-corrected chi connectivity index (χ3v) is 3.98. The van der Waals surface area contributed by atoms with Crippen LogP contribution < -0.4 is 20.3 Å². The molecule has 0 aliphatic carbocycles. The predicted molar refractivity (Wildman–Crippen MR) is 94.2 cm³/mol. The van der Waals surface area contributed by atoms with Crippen molar-refractivity contribution in [3.8, 4) is 5.75 Å². The number of carbonyl (C=O) groups is 2. The van der Waals surface area contributed by atoms with E-state index in [0.29, 0.717) is 25.4 Å². The molecule has 6 heteroatoms. The van der Waals surface area contributed by atoms with Crippen molar-refractivity contribution in [2.45, 2.75) is 26.7 Å². The number of amides is 2. The van der Waals surface area contributed by atoms with E-state index in [1.54, 1.807) is 4.90 Å².